The molecule has 0 aliphatic carbocycles. The fourth-order valence-electron chi connectivity index (χ4n) is 1.63. The van der Waals surface area contributed by atoms with Gasteiger partial charge in [-0.2, -0.15) is 5.10 Å². The number of aromatic nitrogens is 4. The van der Waals surface area contributed by atoms with Crippen molar-refractivity contribution < 1.29 is 0 Å². The highest BCUT2D eigenvalue weighted by Gasteiger charge is 2.06. The van der Waals surface area contributed by atoms with Crippen LogP contribution in [-0.4, -0.2) is 26.2 Å². The molecule has 0 spiro atoms. The van der Waals surface area contributed by atoms with E-state index in [0.29, 0.717) is 6.04 Å². The lowest BCUT2D eigenvalue weighted by atomic mass is 10.2. The van der Waals surface area contributed by atoms with Crippen LogP contribution in [0.2, 0.25) is 0 Å². The van der Waals surface area contributed by atoms with E-state index >= 15 is 0 Å². The minimum absolute atomic E-state index is 0.382. The molecule has 5 heteroatoms. The zero-order valence-corrected chi connectivity index (χ0v) is 9.62. The van der Waals surface area contributed by atoms with Gasteiger partial charge in [-0.3, -0.25) is 5.10 Å². The molecule has 2 aromatic heterocycles. The number of aromatic amines is 2. The maximum Gasteiger partial charge on any atom is 0.120 e. The second-order valence-electron chi connectivity index (χ2n) is 4.06. The molecule has 86 valence electrons. The molecule has 1 atom stereocenters. The van der Waals surface area contributed by atoms with E-state index in [1.54, 1.807) is 6.20 Å². The highest BCUT2D eigenvalue weighted by atomic mass is 15.1. The number of aryl methyl sites for hydroxylation is 1. The zero-order valence-electron chi connectivity index (χ0n) is 9.62. The van der Waals surface area contributed by atoms with Gasteiger partial charge in [-0.1, -0.05) is 0 Å². The normalized spacial score (nSPS) is 12.9. The summed E-state index contributed by atoms with van der Waals surface area (Å²) in [5, 5.41) is 10.6. The summed E-state index contributed by atoms with van der Waals surface area (Å²) in [7, 11) is 0. The van der Waals surface area contributed by atoms with Crippen LogP contribution in [-0.2, 0) is 13.0 Å². The number of H-pyrrole nitrogens is 2. The van der Waals surface area contributed by atoms with E-state index in [1.165, 1.54) is 0 Å². The quantitative estimate of drug-likeness (QED) is 0.707. The van der Waals surface area contributed by atoms with Gasteiger partial charge in [-0.05, 0) is 19.9 Å². The van der Waals surface area contributed by atoms with Crippen LogP contribution in [0.15, 0.2) is 18.5 Å². The predicted octanol–water partition coefficient (Wildman–Crippen LogP) is 1.16. The van der Waals surface area contributed by atoms with Crippen molar-refractivity contribution in [3.05, 3.63) is 35.7 Å². The molecule has 1 unspecified atom stereocenters. The van der Waals surface area contributed by atoms with Gasteiger partial charge in [0.25, 0.3) is 0 Å². The van der Waals surface area contributed by atoms with Crippen LogP contribution in [0.4, 0.5) is 0 Å². The topological polar surface area (TPSA) is 69.4 Å². The molecule has 0 radical (unpaired) electrons. The van der Waals surface area contributed by atoms with Crippen molar-refractivity contribution in [3.8, 4) is 0 Å². The summed E-state index contributed by atoms with van der Waals surface area (Å²) in [5.41, 5.74) is 2.20. The second kappa shape index (κ2) is 4.94. The first kappa shape index (κ1) is 10.9. The van der Waals surface area contributed by atoms with Gasteiger partial charge in [-0.15, -0.1) is 0 Å². The standard InChI is InChI=1S/C11H17N5/c1-8(5-10-6-9(2)15-16-10)14-7-11-12-3-4-13-11/h3-4,6,8,14H,5,7H2,1-2H3,(H,12,13)(H,15,16). The van der Waals surface area contributed by atoms with E-state index in [1.807, 2.05) is 13.1 Å². The lowest BCUT2D eigenvalue weighted by Gasteiger charge is -2.10. The van der Waals surface area contributed by atoms with E-state index < -0.39 is 0 Å². The van der Waals surface area contributed by atoms with Crippen LogP contribution < -0.4 is 5.32 Å². The SMILES string of the molecule is Cc1cc(CC(C)NCc2ncc[nH]2)n[nH]1. The van der Waals surface area contributed by atoms with Crippen LogP contribution in [0.1, 0.15) is 24.1 Å². The number of nitrogens with one attached hydrogen (secondary N) is 3. The number of hydrogen-bond donors (Lipinski definition) is 3. The first-order chi connectivity index (χ1) is 7.74. The van der Waals surface area contributed by atoms with Crippen molar-refractivity contribution >= 4 is 0 Å². The van der Waals surface area contributed by atoms with Gasteiger partial charge in [-0.25, -0.2) is 4.98 Å². The van der Waals surface area contributed by atoms with Gasteiger partial charge in [0.2, 0.25) is 0 Å². The third-order valence-corrected chi connectivity index (χ3v) is 2.45. The van der Waals surface area contributed by atoms with Crippen molar-refractivity contribution in [1.29, 1.82) is 0 Å². The fraction of sp³-hybridized carbons (Fsp3) is 0.455. The van der Waals surface area contributed by atoms with Crippen LogP contribution in [0, 0.1) is 6.92 Å². The molecule has 16 heavy (non-hydrogen) atoms. The zero-order chi connectivity index (χ0) is 11.4. The first-order valence-electron chi connectivity index (χ1n) is 5.46. The van der Waals surface area contributed by atoms with Gasteiger partial charge in [0, 0.05) is 30.6 Å². The maximum absolute atomic E-state index is 4.21. The second-order valence-corrected chi connectivity index (χ2v) is 4.06. The Kier molecular flexibility index (Phi) is 3.36. The number of imidazole rings is 1. The molecule has 2 aromatic rings. The molecule has 0 saturated heterocycles. The summed E-state index contributed by atoms with van der Waals surface area (Å²) in [4.78, 5) is 7.22. The Balaban J connectivity index is 1.78. The molecule has 0 aliphatic rings. The lowest BCUT2D eigenvalue weighted by Crippen LogP contribution is -2.28. The molecule has 0 fully saturated rings. The Morgan fingerprint density at radius 1 is 1.50 bits per heavy atom. The smallest absolute Gasteiger partial charge is 0.120 e. The van der Waals surface area contributed by atoms with Gasteiger partial charge in [0.05, 0.1) is 12.2 Å². The summed E-state index contributed by atoms with van der Waals surface area (Å²) in [5.74, 6) is 0.963. The van der Waals surface area contributed by atoms with Gasteiger partial charge in [0.1, 0.15) is 5.82 Å². The minimum Gasteiger partial charge on any atom is -0.348 e. The van der Waals surface area contributed by atoms with Crippen LogP contribution in [0.5, 0.6) is 0 Å². The molecule has 0 saturated carbocycles. The Hall–Kier alpha value is -1.62. The van der Waals surface area contributed by atoms with Crippen molar-refractivity contribution in [1.82, 2.24) is 25.5 Å². The average molecular weight is 219 g/mol. The van der Waals surface area contributed by atoms with Crippen LogP contribution in [0.3, 0.4) is 0 Å². The monoisotopic (exact) mass is 219 g/mol. The van der Waals surface area contributed by atoms with E-state index in [-0.39, 0.29) is 0 Å². The summed E-state index contributed by atoms with van der Waals surface area (Å²) in [6, 6.07) is 2.46. The van der Waals surface area contributed by atoms with E-state index in [2.05, 4.69) is 38.5 Å². The van der Waals surface area contributed by atoms with Gasteiger partial charge >= 0.3 is 0 Å². The molecular weight excluding hydrogens is 202 g/mol. The fourth-order valence-corrected chi connectivity index (χ4v) is 1.63. The first-order valence-corrected chi connectivity index (χ1v) is 5.46. The highest BCUT2D eigenvalue weighted by Crippen LogP contribution is 2.02. The van der Waals surface area contributed by atoms with E-state index in [0.717, 1.165) is 30.2 Å². The average Bonchev–Trinajstić information content (AvgIpc) is 2.87. The summed E-state index contributed by atoms with van der Waals surface area (Å²) < 4.78 is 0. The molecule has 3 N–H and O–H groups in total. The third-order valence-electron chi connectivity index (χ3n) is 2.45. The molecule has 0 amide bonds. The van der Waals surface area contributed by atoms with Gasteiger partial charge in [0.15, 0.2) is 0 Å². The third kappa shape index (κ3) is 2.93. The van der Waals surface area contributed by atoms with Crippen LogP contribution in [0.25, 0.3) is 0 Å². The summed E-state index contributed by atoms with van der Waals surface area (Å²) >= 11 is 0. The van der Waals surface area contributed by atoms with E-state index in [4.69, 9.17) is 0 Å². The van der Waals surface area contributed by atoms with Crippen LogP contribution >= 0.6 is 0 Å². The minimum atomic E-state index is 0.382. The predicted molar refractivity (Wildman–Crippen MR) is 61.9 cm³/mol. The Bertz CT molecular complexity index is 417. The number of nitrogens with zero attached hydrogens (tertiary/aromatic N) is 2. The number of hydrogen-bond acceptors (Lipinski definition) is 3. The molecular formula is C11H17N5. The molecule has 0 aromatic carbocycles. The largest absolute Gasteiger partial charge is 0.348 e. The van der Waals surface area contributed by atoms with E-state index in [9.17, 15) is 0 Å². The van der Waals surface area contributed by atoms with Crippen molar-refractivity contribution in [2.24, 2.45) is 0 Å². The van der Waals surface area contributed by atoms with Crippen molar-refractivity contribution in [3.63, 3.8) is 0 Å². The molecule has 2 rings (SSSR count). The Labute approximate surface area is 94.7 Å². The maximum atomic E-state index is 4.21. The molecule has 5 nitrogen and oxygen atoms in total. The number of rotatable bonds is 5. The molecule has 0 bridgehead atoms. The highest BCUT2D eigenvalue weighted by molar-refractivity contribution is 5.07. The summed E-state index contributed by atoms with van der Waals surface area (Å²) in [6.45, 7) is 4.92. The van der Waals surface area contributed by atoms with Gasteiger partial charge < -0.3 is 10.3 Å². The molecule has 2 heterocycles. The van der Waals surface area contributed by atoms with Crippen molar-refractivity contribution in [2.45, 2.75) is 32.9 Å². The Morgan fingerprint density at radius 3 is 3.00 bits per heavy atom. The Morgan fingerprint density at radius 2 is 2.38 bits per heavy atom. The lowest BCUT2D eigenvalue weighted by molar-refractivity contribution is 0.530. The summed E-state index contributed by atoms with van der Waals surface area (Å²) in [6.07, 6.45) is 4.52. The molecule has 0 aliphatic heterocycles. The van der Waals surface area contributed by atoms with Crippen molar-refractivity contribution in [2.75, 3.05) is 0 Å².